The summed E-state index contributed by atoms with van der Waals surface area (Å²) >= 11 is 0. The highest BCUT2D eigenvalue weighted by Crippen LogP contribution is 2.32. The standard InChI is InChI=1S/C15H20F2N2O3/c1-21-10-5-6-13(22-15(16)17)12(8-10)19-14(20)7-9-3-2-4-11(9)18/h5-6,8-9,11,15H,2-4,7,18H2,1H3,(H,19,20)/t9-,11+/m0/s1. The summed E-state index contributed by atoms with van der Waals surface area (Å²) in [5.74, 6) is 0.203. The zero-order chi connectivity index (χ0) is 16.1. The zero-order valence-corrected chi connectivity index (χ0v) is 12.4. The number of hydrogen-bond donors (Lipinski definition) is 2. The number of halogens is 2. The molecule has 0 spiro atoms. The highest BCUT2D eigenvalue weighted by molar-refractivity contribution is 5.92. The fraction of sp³-hybridized carbons (Fsp3) is 0.533. The van der Waals surface area contributed by atoms with Crippen LogP contribution in [0.5, 0.6) is 11.5 Å². The first kappa shape index (κ1) is 16.5. The molecule has 0 aliphatic heterocycles. The number of methoxy groups -OCH3 is 1. The molecule has 5 nitrogen and oxygen atoms in total. The number of ether oxygens (including phenoxy) is 2. The molecular weight excluding hydrogens is 294 g/mol. The number of nitrogens with one attached hydrogen (secondary N) is 1. The summed E-state index contributed by atoms with van der Waals surface area (Å²) in [7, 11) is 1.45. The summed E-state index contributed by atoms with van der Waals surface area (Å²) in [6.07, 6.45) is 3.11. The van der Waals surface area contributed by atoms with E-state index in [1.165, 1.54) is 25.3 Å². The number of carbonyl (C=O) groups excluding carboxylic acids is 1. The molecule has 1 amide bonds. The molecule has 1 aromatic carbocycles. The van der Waals surface area contributed by atoms with Gasteiger partial charge in [0.2, 0.25) is 5.91 Å². The first-order valence-corrected chi connectivity index (χ1v) is 7.18. The van der Waals surface area contributed by atoms with Crippen molar-refractivity contribution in [1.82, 2.24) is 0 Å². The van der Waals surface area contributed by atoms with E-state index in [1.807, 2.05) is 0 Å². The Labute approximate surface area is 127 Å². The lowest BCUT2D eigenvalue weighted by atomic mass is 10.00. The summed E-state index contributed by atoms with van der Waals surface area (Å²) < 4.78 is 34.3. The number of benzene rings is 1. The molecule has 2 atom stereocenters. The summed E-state index contributed by atoms with van der Waals surface area (Å²) in [5.41, 5.74) is 6.10. The molecule has 0 saturated heterocycles. The minimum atomic E-state index is -2.97. The second-order valence-electron chi connectivity index (χ2n) is 5.35. The van der Waals surface area contributed by atoms with E-state index in [0.29, 0.717) is 5.75 Å². The van der Waals surface area contributed by atoms with Crippen LogP contribution in [0.4, 0.5) is 14.5 Å². The lowest BCUT2D eigenvalue weighted by Crippen LogP contribution is -2.28. The molecule has 0 heterocycles. The average Bonchev–Trinajstić information content (AvgIpc) is 2.85. The zero-order valence-electron chi connectivity index (χ0n) is 12.4. The van der Waals surface area contributed by atoms with Crippen LogP contribution < -0.4 is 20.5 Å². The molecule has 2 rings (SSSR count). The normalized spacial score (nSPS) is 21.0. The lowest BCUT2D eigenvalue weighted by Gasteiger charge is -2.16. The molecule has 1 fully saturated rings. The maximum absolute atomic E-state index is 12.4. The molecule has 0 aromatic heterocycles. The Hall–Kier alpha value is -1.89. The molecule has 1 aliphatic carbocycles. The first-order chi connectivity index (χ1) is 10.5. The third-order valence-corrected chi connectivity index (χ3v) is 3.84. The third-order valence-electron chi connectivity index (χ3n) is 3.84. The van der Waals surface area contributed by atoms with E-state index in [1.54, 1.807) is 0 Å². The Balaban J connectivity index is 2.07. The van der Waals surface area contributed by atoms with Gasteiger partial charge in [-0.2, -0.15) is 8.78 Å². The number of carbonyl (C=O) groups is 1. The van der Waals surface area contributed by atoms with E-state index in [9.17, 15) is 13.6 Å². The molecule has 7 heteroatoms. The lowest BCUT2D eigenvalue weighted by molar-refractivity contribution is -0.117. The van der Waals surface area contributed by atoms with Gasteiger partial charge in [0.15, 0.2) is 0 Å². The molecule has 0 radical (unpaired) electrons. The van der Waals surface area contributed by atoms with Crippen LogP contribution >= 0.6 is 0 Å². The predicted molar refractivity (Wildman–Crippen MR) is 78.2 cm³/mol. The van der Waals surface area contributed by atoms with E-state index >= 15 is 0 Å². The number of anilines is 1. The molecule has 1 saturated carbocycles. The van der Waals surface area contributed by atoms with Crippen molar-refractivity contribution in [2.75, 3.05) is 12.4 Å². The Morgan fingerprint density at radius 2 is 2.23 bits per heavy atom. The molecule has 0 bridgehead atoms. The average molecular weight is 314 g/mol. The van der Waals surface area contributed by atoms with Crippen molar-refractivity contribution in [2.24, 2.45) is 11.7 Å². The van der Waals surface area contributed by atoms with Gasteiger partial charge in [-0.15, -0.1) is 0 Å². The first-order valence-electron chi connectivity index (χ1n) is 7.18. The molecule has 1 aliphatic rings. The quantitative estimate of drug-likeness (QED) is 0.847. The van der Waals surface area contributed by atoms with Gasteiger partial charge in [-0.25, -0.2) is 0 Å². The number of rotatable bonds is 6. The molecule has 122 valence electrons. The largest absolute Gasteiger partial charge is 0.497 e. The minimum absolute atomic E-state index is 0.0212. The summed E-state index contributed by atoms with van der Waals surface area (Å²) in [6.45, 7) is -2.97. The summed E-state index contributed by atoms with van der Waals surface area (Å²) in [5, 5.41) is 2.61. The van der Waals surface area contributed by atoms with Crippen LogP contribution in [-0.2, 0) is 4.79 Å². The summed E-state index contributed by atoms with van der Waals surface area (Å²) in [4.78, 5) is 12.1. The van der Waals surface area contributed by atoms with Gasteiger partial charge in [0.05, 0.1) is 12.8 Å². The van der Waals surface area contributed by atoms with Crippen LogP contribution in [-0.4, -0.2) is 25.7 Å². The highest BCUT2D eigenvalue weighted by Gasteiger charge is 2.26. The Morgan fingerprint density at radius 3 is 2.82 bits per heavy atom. The highest BCUT2D eigenvalue weighted by atomic mass is 19.3. The monoisotopic (exact) mass is 314 g/mol. The number of nitrogens with two attached hydrogens (primary N) is 1. The van der Waals surface area contributed by atoms with Gasteiger partial charge in [0.25, 0.3) is 0 Å². The molecule has 1 aromatic rings. The van der Waals surface area contributed by atoms with E-state index < -0.39 is 6.61 Å². The predicted octanol–water partition coefficient (Wildman–Crippen LogP) is 2.75. The van der Waals surface area contributed by atoms with Gasteiger partial charge in [-0.3, -0.25) is 4.79 Å². The van der Waals surface area contributed by atoms with Crippen LogP contribution in [0.15, 0.2) is 18.2 Å². The van der Waals surface area contributed by atoms with Crippen LogP contribution in [0.1, 0.15) is 25.7 Å². The molecule has 3 N–H and O–H groups in total. The van der Waals surface area contributed by atoms with E-state index in [4.69, 9.17) is 10.5 Å². The van der Waals surface area contributed by atoms with E-state index in [2.05, 4.69) is 10.1 Å². The van der Waals surface area contributed by atoms with Gasteiger partial charge in [-0.05, 0) is 30.9 Å². The summed E-state index contributed by atoms with van der Waals surface area (Å²) in [6, 6.07) is 4.29. The molecular formula is C15H20F2N2O3. The number of hydrogen-bond acceptors (Lipinski definition) is 4. The SMILES string of the molecule is COc1ccc(OC(F)F)c(NC(=O)C[C@@H]2CCC[C@H]2N)c1. The Morgan fingerprint density at radius 1 is 1.45 bits per heavy atom. The van der Waals surface area contributed by atoms with Gasteiger partial charge < -0.3 is 20.5 Å². The second-order valence-corrected chi connectivity index (χ2v) is 5.35. The van der Waals surface area contributed by atoms with Gasteiger partial charge in [0.1, 0.15) is 11.5 Å². The topological polar surface area (TPSA) is 73.6 Å². The number of alkyl halides is 2. The van der Waals surface area contributed by atoms with Crippen molar-refractivity contribution in [3.05, 3.63) is 18.2 Å². The third kappa shape index (κ3) is 4.30. The van der Waals surface area contributed by atoms with Crippen molar-refractivity contribution in [2.45, 2.75) is 38.3 Å². The fourth-order valence-electron chi connectivity index (χ4n) is 2.69. The van der Waals surface area contributed by atoms with Crippen LogP contribution in [0.3, 0.4) is 0 Å². The molecule has 0 unspecified atom stereocenters. The maximum atomic E-state index is 12.4. The van der Waals surface area contributed by atoms with Crippen molar-refractivity contribution in [3.8, 4) is 11.5 Å². The van der Waals surface area contributed by atoms with E-state index in [-0.39, 0.29) is 35.7 Å². The van der Waals surface area contributed by atoms with Crippen LogP contribution in [0, 0.1) is 5.92 Å². The second kappa shape index (κ2) is 7.40. The van der Waals surface area contributed by atoms with Gasteiger partial charge in [-0.1, -0.05) is 6.42 Å². The Kier molecular flexibility index (Phi) is 5.54. The van der Waals surface area contributed by atoms with Crippen LogP contribution in [0.25, 0.3) is 0 Å². The molecule has 22 heavy (non-hydrogen) atoms. The minimum Gasteiger partial charge on any atom is -0.497 e. The van der Waals surface area contributed by atoms with Crippen molar-refractivity contribution in [1.29, 1.82) is 0 Å². The number of amides is 1. The van der Waals surface area contributed by atoms with Gasteiger partial charge >= 0.3 is 6.61 Å². The van der Waals surface area contributed by atoms with Crippen LogP contribution in [0.2, 0.25) is 0 Å². The Bertz CT molecular complexity index is 526. The smallest absolute Gasteiger partial charge is 0.387 e. The van der Waals surface area contributed by atoms with E-state index in [0.717, 1.165) is 19.3 Å². The maximum Gasteiger partial charge on any atom is 0.387 e. The van der Waals surface area contributed by atoms with Crippen molar-refractivity contribution >= 4 is 11.6 Å². The van der Waals surface area contributed by atoms with Crippen molar-refractivity contribution in [3.63, 3.8) is 0 Å². The fourth-order valence-corrected chi connectivity index (χ4v) is 2.69. The van der Waals surface area contributed by atoms with Gasteiger partial charge in [0, 0.05) is 18.5 Å². The van der Waals surface area contributed by atoms with Crippen molar-refractivity contribution < 1.29 is 23.0 Å².